The lowest BCUT2D eigenvalue weighted by Gasteiger charge is -2.27. The van der Waals surface area contributed by atoms with Crippen molar-refractivity contribution in [3.63, 3.8) is 0 Å². The fourth-order valence-electron chi connectivity index (χ4n) is 2.36. The molecule has 0 bridgehead atoms. The van der Waals surface area contributed by atoms with Gasteiger partial charge in [-0.05, 0) is 44.9 Å². The van der Waals surface area contributed by atoms with Gasteiger partial charge in [0.05, 0.1) is 6.04 Å². The second-order valence-corrected chi connectivity index (χ2v) is 5.83. The largest absolute Gasteiger partial charge is 0.342 e. The number of hydrogen-bond donors (Lipinski definition) is 1. The molecule has 0 aliphatic rings. The van der Waals surface area contributed by atoms with Crippen molar-refractivity contribution < 1.29 is 4.79 Å². The van der Waals surface area contributed by atoms with Gasteiger partial charge in [-0.1, -0.05) is 35.0 Å². The first-order valence-electron chi connectivity index (χ1n) is 7.33. The number of amides is 1. The number of halogens is 1. The van der Waals surface area contributed by atoms with E-state index in [2.05, 4.69) is 40.3 Å². The quantitative estimate of drug-likeness (QED) is 0.819. The Kier molecular flexibility index (Phi) is 7.24. The van der Waals surface area contributed by atoms with Crippen LogP contribution in [0, 0.1) is 0 Å². The van der Waals surface area contributed by atoms with Crippen LogP contribution < -0.4 is 5.32 Å². The maximum Gasteiger partial charge on any atom is 0.239 e. The van der Waals surface area contributed by atoms with Crippen LogP contribution in [-0.2, 0) is 4.79 Å². The molecule has 4 heteroatoms. The lowest BCUT2D eigenvalue weighted by molar-refractivity contribution is -0.132. The summed E-state index contributed by atoms with van der Waals surface area (Å²) < 4.78 is 1.07. The van der Waals surface area contributed by atoms with Crippen molar-refractivity contribution in [2.45, 2.75) is 46.2 Å². The molecular weight excluding hydrogens is 316 g/mol. The first-order valence-corrected chi connectivity index (χ1v) is 8.13. The zero-order chi connectivity index (χ0) is 15.1. The van der Waals surface area contributed by atoms with Gasteiger partial charge in [-0.25, -0.2) is 0 Å². The van der Waals surface area contributed by atoms with E-state index >= 15 is 0 Å². The molecule has 1 aromatic rings. The molecule has 0 saturated heterocycles. The van der Waals surface area contributed by atoms with Gasteiger partial charge in [0.2, 0.25) is 5.91 Å². The third-order valence-electron chi connectivity index (χ3n) is 3.56. The Morgan fingerprint density at radius 2 is 1.95 bits per heavy atom. The van der Waals surface area contributed by atoms with E-state index in [-0.39, 0.29) is 18.0 Å². The molecule has 112 valence electrons. The van der Waals surface area contributed by atoms with Crippen molar-refractivity contribution in [2.24, 2.45) is 0 Å². The van der Waals surface area contributed by atoms with Gasteiger partial charge in [-0.2, -0.15) is 0 Å². The van der Waals surface area contributed by atoms with Gasteiger partial charge < -0.3 is 4.90 Å². The number of rotatable bonds is 7. The summed E-state index contributed by atoms with van der Waals surface area (Å²) in [7, 11) is 0. The van der Waals surface area contributed by atoms with Crippen molar-refractivity contribution in [3.8, 4) is 0 Å². The van der Waals surface area contributed by atoms with E-state index in [1.54, 1.807) is 0 Å². The second kappa shape index (κ2) is 8.42. The van der Waals surface area contributed by atoms with E-state index in [1.165, 1.54) is 5.56 Å². The van der Waals surface area contributed by atoms with Crippen LogP contribution in [0.1, 0.15) is 45.7 Å². The molecule has 2 unspecified atom stereocenters. The van der Waals surface area contributed by atoms with Crippen molar-refractivity contribution >= 4 is 21.8 Å². The number of hydrogen-bond acceptors (Lipinski definition) is 2. The molecule has 0 aliphatic carbocycles. The first-order chi connectivity index (χ1) is 9.53. The Morgan fingerprint density at radius 1 is 1.30 bits per heavy atom. The number of nitrogens with one attached hydrogen (secondary N) is 1. The number of benzene rings is 1. The van der Waals surface area contributed by atoms with Crippen LogP contribution in [0.15, 0.2) is 28.7 Å². The highest BCUT2D eigenvalue weighted by Gasteiger charge is 2.21. The minimum absolute atomic E-state index is 0.168. The van der Waals surface area contributed by atoms with Crippen LogP contribution in [0.5, 0.6) is 0 Å². The molecular formula is C16H25BrN2O. The minimum atomic E-state index is -0.168. The summed E-state index contributed by atoms with van der Waals surface area (Å²) in [5, 5.41) is 3.45. The van der Waals surface area contributed by atoms with Crippen LogP contribution in [0.4, 0.5) is 0 Å². The van der Waals surface area contributed by atoms with E-state index in [0.717, 1.165) is 24.0 Å². The summed E-state index contributed by atoms with van der Waals surface area (Å²) in [4.78, 5) is 14.2. The molecule has 0 radical (unpaired) electrons. The normalized spacial score (nSPS) is 13.8. The third-order valence-corrected chi connectivity index (χ3v) is 4.05. The summed E-state index contributed by atoms with van der Waals surface area (Å²) in [6, 6.07) is 8.28. The molecule has 2 atom stereocenters. The van der Waals surface area contributed by atoms with Gasteiger partial charge in [-0.3, -0.25) is 10.1 Å². The molecule has 3 nitrogen and oxygen atoms in total. The summed E-state index contributed by atoms with van der Waals surface area (Å²) in [5.74, 6) is 0.170. The highest BCUT2D eigenvalue weighted by molar-refractivity contribution is 9.10. The Hall–Kier alpha value is -0.870. The molecule has 1 N–H and O–H groups in total. The van der Waals surface area contributed by atoms with Gasteiger partial charge in [0.25, 0.3) is 0 Å². The first kappa shape index (κ1) is 17.2. The molecule has 0 aromatic heterocycles. The van der Waals surface area contributed by atoms with Crippen LogP contribution >= 0.6 is 15.9 Å². The molecule has 0 spiro atoms. The van der Waals surface area contributed by atoms with Crippen LogP contribution in [0.2, 0.25) is 0 Å². The van der Waals surface area contributed by atoms with E-state index in [0.29, 0.717) is 0 Å². The van der Waals surface area contributed by atoms with E-state index in [1.807, 2.05) is 37.8 Å². The number of nitrogens with zero attached hydrogens (tertiary/aromatic N) is 1. The maximum absolute atomic E-state index is 12.3. The molecule has 0 heterocycles. The average molecular weight is 341 g/mol. The zero-order valence-corrected chi connectivity index (χ0v) is 14.4. The smallest absolute Gasteiger partial charge is 0.239 e. The highest BCUT2D eigenvalue weighted by atomic mass is 79.9. The van der Waals surface area contributed by atoms with Gasteiger partial charge in [0.1, 0.15) is 0 Å². The third kappa shape index (κ3) is 4.60. The fourth-order valence-corrected chi connectivity index (χ4v) is 2.77. The molecule has 0 aliphatic heterocycles. The van der Waals surface area contributed by atoms with E-state index in [9.17, 15) is 4.79 Å². The summed E-state index contributed by atoms with van der Waals surface area (Å²) >= 11 is 3.50. The van der Waals surface area contributed by atoms with E-state index < -0.39 is 0 Å². The van der Waals surface area contributed by atoms with Gasteiger partial charge in [0, 0.05) is 23.6 Å². The van der Waals surface area contributed by atoms with Crippen molar-refractivity contribution in [1.29, 1.82) is 0 Å². The van der Waals surface area contributed by atoms with Gasteiger partial charge in [-0.15, -0.1) is 0 Å². The monoisotopic (exact) mass is 340 g/mol. The summed E-state index contributed by atoms with van der Waals surface area (Å²) in [5.41, 5.74) is 1.21. The Balaban J connectivity index is 2.75. The number of carbonyl (C=O) groups excluding carboxylic acids is 1. The highest BCUT2D eigenvalue weighted by Crippen LogP contribution is 2.21. The van der Waals surface area contributed by atoms with Crippen LogP contribution in [0.3, 0.4) is 0 Å². The standard InChI is InChI=1S/C16H25BrN2O/c1-5-15(13-9-8-10-14(17)11-13)18-12(4)16(20)19(6-2)7-3/h8-12,15,18H,5-7H2,1-4H3. The fraction of sp³-hybridized carbons (Fsp3) is 0.562. The molecule has 1 amide bonds. The summed E-state index contributed by atoms with van der Waals surface area (Å²) in [6.45, 7) is 9.62. The van der Waals surface area contributed by atoms with Crippen LogP contribution in [0.25, 0.3) is 0 Å². The Labute approximate surface area is 130 Å². The van der Waals surface area contributed by atoms with Crippen molar-refractivity contribution in [3.05, 3.63) is 34.3 Å². The maximum atomic E-state index is 12.3. The predicted molar refractivity (Wildman–Crippen MR) is 87.7 cm³/mol. The minimum Gasteiger partial charge on any atom is -0.342 e. The van der Waals surface area contributed by atoms with Gasteiger partial charge >= 0.3 is 0 Å². The van der Waals surface area contributed by atoms with Crippen molar-refractivity contribution in [2.75, 3.05) is 13.1 Å². The lowest BCUT2D eigenvalue weighted by Crippen LogP contribution is -2.45. The Bertz CT molecular complexity index is 432. The molecule has 0 saturated carbocycles. The Morgan fingerprint density at radius 3 is 2.45 bits per heavy atom. The molecule has 0 fully saturated rings. The SMILES string of the molecule is CCC(NC(C)C(=O)N(CC)CC)c1cccc(Br)c1. The lowest BCUT2D eigenvalue weighted by atomic mass is 10.0. The van der Waals surface area contributed by atoms with E-state index in [4.69, 9.17) is 0 Å². The number of carbonyl (C=O) groups is 1. The topological polar surface area (TPSA) is 32.3 Å². The summed E-state index contributed by atoms with van der Waals surface area (Å²) in [6.07, 6.45) is 0.951. The molecule has 1 rings (SSSR count). The zero-order valence-electron chi connectivity index (χ0n) is 12.8. The predicted octanol–water partition coefficient (Wildman–Crippen LogP) is 3.75. The number of likely N-dealkylation sites (N-methyl/N-ethyl adjacent to an activating group) is 1. The molecule has 20 heavy (non-hydrogen) atoms. The van der Waals surface area contributed by atoms with Crippen molar-refractivity contribution in [1.82, 2.24) is 10.2 Å². The second-order valence-electron chi connectivity index (χ2n) is 4.91. The average Bonchev–Trinajstić information content (AvgIpc) is 2.45. The van der Waals surface area contributed by atoms with Gasteiger partial charge in [0.15, 0.2) is 0 Å². The van der Waals surface area contributed by atoms with Crippen LogP contribution in [-0.4, -0.2) is 29.9 Å². The molecule has 1 aromatic carbocycles.